The summed E-state index contributed by atoms with van der Waals surface area (Å²) in [5.41, 5.74) is 1.55. The van der Waals surface area contributed by atoms with E-state index in [1.165, 1.54) is 0 Å². The van der Waals surface area contributed by atoms with E-state index in [-0.39, 0.29) is 17.0 Å². The number of pyridine rings is 1. The molecule has 7 nitrogen and oxygen atoms in total. The second kappa shape index (κ2) is 7.47. The normalized spacial score (nSPS) is 15.1. The van der Waals surface area contributed by atoms with Gasteiger partial charge in [-0.25, -0.2) is 0 Å². The summed E-state index contributed by atoms with van der Waals surface area (Å²) in [4.78, 5) is 19.4. The molecule has 0 saturated carbocycles. The minimum absolute atomic E-state index is 0.211. The number of hydrogen-bond donors (Lipinski definition) is 0. The van der Waals surface area contributed by atoms with E-state index in [4.69, 9.17) is 4.52 Å². The van der Waals surface area contributed by atoms with E-state index in [2.05, 4.69) is 28.0 Å². The standard InChI is InChI=1S/C21H23N5O2/c1-3-6-18-23-20(28-24-18)14-9-11-26(12-10-14)19-15-7-4-5-8-17(15)25(2)21(27)16(19)13-22/h4-5,7-8,14H,3,6,9-12H2,1-2H3. The van der Waals surface area contributed by atoms with Crippen molar-refractivity contribution in [1.82, 2.24) is 14.7 Å². The van der Waals surface area contributed by atoms with Gasteiger partial charge in [-0.05, 0) is 25.3 Å². The van der Waals surface area contributed by atoms with Crippen molar-refractivity contribution in [2.24, 2.45) is 7.05 Å². The first-order valence-electron chi connectivity index (χ1n) is 9.73. The van der Waals surface area contributed by atoms with Crippen molar-refractivity contribution in [2.45, 2.75) is 38.5 Å². The number of hydrogen-bond acceptors (Lipinski definition) is 6. The van der Waals surface area contributed by atoms with E-state index in [1.807, 2.05) is 24.3 Å². The van der Waals surface area contributed by atoms with Crippen LogP contribution in [0.25, 0.3) is 10.9 Å². The predicted octanol–water partition coefficient (Wildman–Crippen LogP) is 3.13. The van der Waals surface area contributed by atoms with Gasteiger partial charge in [0.2, 0.25) is 5.89 Å². The van der Waals surface area contributed by atoms with E-state index < -0.39 is 0 Å². The van der Waals surface area contributed by atoms with Crippen molar-refractivity contribution in [2.75, 3.05) is 18.0 Å². The van der Waals surface area contributed by atoms with Gasteiger partial charge < -0.3 is 14.0 Å². The molecule has 144 valence electrons. The van der Waals surface area contributed by atoms with Crippen LogP contribution in [-0.2, 0) is 13.5 Å². The molecule has 0 spiro atoms. The Labute approximate surface area is 163 Å². The van der Waals surface area contributed by atoms with E-state index in [1.54, 1.807) is 11.6 Å². The Kier molecular flexibility index (Phi) is 4.86. The van der Waals surface area contributed by atoms with Gasteiger partial charge in [0.05, 0.1) is 11.2 Å². The Morgan fingerprint density at radius 3 is 2.75 bits per heavy atom. The number of piperidine rings is 1. The highest BCUT2D eigenvalue weighted by Crippen LogP contribution is 2.34. The number of benzene rings is 1. The second-order valence-electron chi connectivity index (χ2n) is 7.28. The smallest absolute Gasteiger partial charge is 0.270 e. The fourth-order valence-corrected chi connectivity index (χ4v) is 4.02. The van der Waals surface area contributed by atoms with Crippen LogP contribution in [0, 0.1) is 11.3 Å². The van der Waals surface area contributed by atoms with Gasteiger partial charge in [-0.1, -0.05) is 30.3 Å². The quantitative estimate of drug-likeness (QED) is 0.694. The second-order valence-corrected chi connectivity index (χ2v) is 7.28. The van der Waals surface area contributed by atoms with Crippen molar-refractivity contribution in [3.8, 4) is 6.07 Å². The summed E-state index contributed by atoms with van der Waals surface area (Å²) < 4.78 is 7.02. The molecule has 1 fully saturated rings. The predicted molar refractivity (Wildman–Crippen MR) is 106 cm³/mol. The number of aryl methyl sites for hydroxylation is 2. The van der Waals surface area contributed by atoms with Crippen molar-refractivity contribution < 1.29 is 4.52 Å². The van der Waals surface area contributed by atoms with Gasteiger partial charge in [-0.2, -0.15) is 10.2 Å². The molecule has 1 aromatic carbocycles. The summed E-state index contributed by atoms with van der Waals surface area (Å²) in [5.74, 6) is 1.69. The summed E-state index contributed by atoms with van der Waals surface area (Å²) >= 11 is 0. The lowest BCUT2D eigenvalue weighted by molar-refractivity contribution is 0.327. The van der Waals surface area contributed by atoms with Crippen LogP contribution in [0.3, 0.4) is 0 Å². The van der Waals surface area contributed by atoms with Gasteiger partial charge in [0.15, 0.2) is 5.82 Å². The molecule has 0 atom stereocenters. The molecule has 0 bridgehead atoms. The van der Waals surface area contributed by atoms with Crippen LogP contribution in [-0.4, -0.2) is 27.8 Å². The maximum Gasteiger partial charge on any atom is 0.270 e. The third kappa shape index (κ3) is 3.05. The van der Waals surface area contributed by atoms with Gasteiger partial charge >= 0.3 is 0 Å². The van der Waals surface area contributed by atoms with Crippen LogP contribution in [0.1, 0.15) is 49.4 Å². The Morgan fingerprint density at radius 2 is 2.04 bits per heavy atom. The molecular formula is C21H23N5O2. The Hall–Kier alpha value is -3.14. The number of aromatic nitrogens is 3. The lowest BCUT2D eigenvalue weighted by Gasteiger charge is -2.33. The van der Waals surface area contributed by atoms with Gasteiger partial charge in [0.1, 0.15) is 11.6 Å². The van der Waals surface area contributed by atoms with E-state index in [0.29, 0.717) is 5.89 Å². The zero-order valence-electron chi connectivity index (χ0n) is 16.2. The number of nitriles is 1. The van der Waals surface area contributed by atoms with Crippen LogP contribution >= 0.6 is 0 Å². The van der Waals surface area contributed by atoms with Gasteiger partial charge in [-0.3, -0.25) is 4.79 Å². The monoisotopic (exact) mass is 377 g/mol. The van der Waals surface area contributed by atoms with E-state index in [9.17, 15) is 10.1 Å². The maximum atomic E-state index is 12.7. The zero-order chi connectivity index (χ0) is 19.7. The first-order chi connectivity index (χ1) is 13.6. The van der Waals surface area contributed by atoms with Crippen LogP contribution in [0.5, 0.6) is 0 Å². The largest absolute Gasteiger partial charge is 0.370 e. The Bertz CT molecular complexity index is 1100. The van der Waals surface area contributed by atoms with Gasteiger partial charge in [0, 0.05) is 37.9 Å². The van der Waals surface area contributed by atoms with E-state index >= 15 is 0 Å². The highest BCUT2D eigenvalue weighted by molar-refractivity contribution is 5.94. The fourth-order valence-electron chi connectivity index (χ4n) is 4.02. The third-order valence-corrected chi connectivity index (χ3v) is 5.51. The summed E-state index contributed by atoms with van der Waals surface area (Å²) in [6.07, 6.45) is 3.52. The molecule has 0 radical (unpaired) electrons. The average Bonchev–Trinajstić information content (AvgIpc) is 3.19. The highest BCUT2D eigenvalue weighted by Gasteiger charge is 2.28. The maximum absolute atomic E-state index is 12.7. The molecule has 0 unspecified atom stereocenters. The topological polar surface area (TPSA) is 88.0 Å². The minimum atomic E-state index is -0.251. The summed E-state index contributed by atoms with van der Waals surface area (Å²) in [7, 11) is 1.71. The molecule has 7 heteroatoms. The Morgan fingerprint density at radius 1 is 1.29 bits per heavy atom. The summed E-state index contributed by atoms with van der Waals surface area (Å²) in [5, 5.41) is 14.7. The van der Waals surface area contributed by atoms with Crippen molar-refractivity contribution in [3.63, 3.8) is 0 Å². The molecule has 0 N–H and O–H groups in total. The molecule has 1 aliphatic rings. The number of fused-ring (bicyclic) bond motifs is 1. The molecular weight excluding hydrogens is 354 g/mol. The lowest BCUT2D eigenvalue weighted by atomic mass is 9.95. The molecule has 0 aliphatic carbocycles. The first-order valence-corrected chi connectivity index (χ1v) is 9.73. The Balaban J connectivity index is 1.64. The number of anilines is 1. The third-order valence-electron chi connectivity index (χ3n) is 5.51. The molecule has 0 amide bonds. The molecule has 2 aromatic heterocycles. The van der Waals surface area contributed by atoms with Crippen LogP contribution in [0.15, 0.2) is 33.6 Å². The summed E-state index contributed by atoms with van der Waals surface area (Å²) in [6.45, 7) is 3.57. The molecule has 4 rings (SSSR count). The van der Waals surface area contributed by atoms with Crippen molar-refractivity contribution in [1.29, 1.82) is 5.26 Å². The molecule has 3 heterocycles. The average molecular weight is 377 g/mol. The van der Waals surface area contributed by atoms with E-state index in [0.717, 1.165) is 61.2 Å². The lowest BCUT2D eigenvalue weighted by Crippen LogP contribution is -2.35. The first kappa shape index (κ1) is 18.2. The van der Waals surface area contributed by atoms with Gasteiger partial charge in [-0.15, -0.1) is 0 Å². The number of nitrogens with zero attached hydrogens (tertiary/aromatic N) is 5. The van der Waals surface area contributed by atoms with Crippen LogP contribution in [0.2, 0.25) is 0 Å². The molecule has 3 aromatic rings. The number of rotatable bonds is 4. The number of para-hydroxylation sites is 1. The fraction of sp³-hybridized carbons (Fsp3) is 0.429. The molecule has 1 aliphatic heterocycles. The van der Waals surface area contributed by atoms with Gasteiger partial charge in [0.25, 0.3) is 5.56 Å². The van der Waals surface area contributed by atoms with Crippen molar-refractivity contribution >= 4 is 16.6 Å². The van der Waals surface area contributed by atoms with Crippen LogP contribution in [0.4, 0.5) is 5.69 Å². The zero-order valence-corrected chi connectivity index (χ0v) is 16.2. The van der Waals surface area contributed by atoms with Crippen LogP contribution < -0.4 is 10.5 Å². The summed E-state index contributed by atoms with van der Waals surface area (Å²) in [6, 6.07) is 9.89. The SMILES string of the molecule is CCCc1noc(C2CCN(c3c(C#N)c(=O)n(C)c4ccccc34)CC2)n1. The molecule has 28 heavy (non-hydrogen) atoms. The highest BCUT2D eigenvalue weighted by atomic mass is 16.5. The molecule has 1 saturated heterocycles. The van der Waals surface area contributed by atoms with Crippen molar-refractivity contribution in [3.05, 3.63) is 51.9 Å². The minimum Gasteiger partial charge on any atom is -0.370 e.